The van der Waals surface area contributed by atoms with Gasteiger partial charge in [0.1, 0.15) is 36.4 Å². The fourth-order valence-corrected chi connectivity index (χ4v) is 6.80. The number of carbonyl (C=O) groups excluding carboxylic acids is 5. The summed E-state index contributed by atoms with van der Waals surface area (Å²) in [6.45, 7) is 20.1. The van der Waals surface area contributed by atoms with Crippen LogP contribution in [0.1, 0.15) is 108 Å². The summed E-state index contributed by atoms with van der Waals surface area (Å²) in [5.74, 6) is -4.25. The minimum absolute atomic E-state index is 0.0152. The highest BCUT2D eigenvalue weighted by atomic mass is 17.0. The van der Waals surface area contributed by atoms with Gasteiger partial charge in [0.05, 0.1) is 50.3 Å². The number of nitrogens with one attached hydrogen (secondary N) is 5. The molecule has 21 nitrogen and oxygen atoms in total. The number of hydrogen-bond donors (Lipinski definition) is 9. The summed E-state index contributed by atoms with van der Waals surface area (Å²) in [6.07, 6.45) is -5.17. The van der Waals surface area contributed by atoms with Crippen LogP contribution in [0.25, 0.3) is 0 Å². The van der Waals surface area contributed by atoms with E-state index in [0.717, 1.165) is 0 Å². The van der Waals surface area contributed by atoms with Crippen LogP contribution in [0.4, 0.5) is 0 Å². The van der Waals surface area contributed by atoms with Crippen LogP contribution in [-0.4, -0.2) is 141 Å². The first-order valence-electron chi connectivity index (χ1n) is 21.0. The highest BCUT2D eigenvalue weighted by molar-refractivity contribution is 5.92. The predicted octanol–water partition coefficient (Wildman–Crippen LogP) is 0.189. The zero-order chi connectivity index (χ0) is 46.9. The average molecular weight is 877 g/mol. The number of rotatable bonds is 24. The maximum absolute atomic E-state index is 13.5. The first-order valence-corrected chi connectivity index (χ1v) is 21.0. The quantitative estimate of drug-likeness (QED) is 0.0462. The van der Waals surface area contributed by atoms with E-state index in [1.54, 1.807) is 27.7 Å². The molecular weight excluding hydrogens is 804 g/mol. The molecule has 11 atom stereocenters. The van der Waals surface area contributed by atoms with Gasteiger partial charge in [0.15, 0.2) is 6.10 Å². The number of aliphatic carboxylic acids is 1. The van der Waals surface area contributed by atoms with E-state index in [1.165, 1.54) is 6.92 Å². The van der Waals surface area contributed by atoms with Gasteiger partial charge in [0.2, 0.25) is 29.5 Å². The van der Waals surface area contributed by atoms with Gasteiger partial charge in [-0.25, -0.2) is 0 Å². The second-order valence-electron chi connectivity index (χ2n) is 17.9. The third-order valence-electron chi connectivity index (χ3n) is 9.89. The Morgan fingerprint density at radius 1 is 0.639 bits per heavy atom. The number of carboxylic acid groups (broad SMARTS) is 1. The van der Waals surface area contributed by atoms with E-state index in [0.29, 0.717) is 12.8 Å². The molecule has 5 amide bonds. The van der Waals surface area contributed by atoms with Crippen LogP contribution in [0.2, 0.25) is 0 Å². The van der Waals surface area contributed by atoms with Crippen molar-refractivity contribution in [2.45, 2.75) is 175 Å². The molecule has 21 heteroatoms. The van der Waals surface area contributed by atoms with Gasteiger partial charge in [-0.2, -0.15) is 0 Å². The molecule has 0 bridgehead atoms. The van der Waals surface area contributed by atoms with Gasteiger partial charge >= 0.3 is 5.97 Å². The van der Waals surface area contributed by atoms with Crippen LogP contribution < -0.4 is 26.6 Å². The fourth-order valence-electron chi connectivity index (χ4n) is 6.80. The molecule has 2 aliphatic heterocycles. The molecule has 61 heavy (non-hydrogen) atoms. The Kier molecular flexibility index (Phi) is 23.7. The summed E-state index contributed by atoms with van der Waals surface area (Å²) in [5, 5.41) is 62.3. The van der Waals surface area contributed by atoms with E-state index < -0.39 is 114 Å². The van der Waals surface area contributed by atoms with E-state index in [9.17, 15) is 54.2 Å². The maximum atomic E-state index is 13.5. The standard InChI is InChI=1S/C34H63N5O9.C6H9NO6/c1-17(2)12-23(37-33(47)31(21(9)10)39-34(48)30(20(7)8)38-27(42)14-19(5)6)25(40)15-28(43)35-22(11)32(46)36-24(13-18(3)4)26(41)16-29(44)45;8-3-1-11-6-4(13-7(9)10)2-12-5(3)6/h17-26,30-31,40-41H,12-16H2,1-11H3,(H,35,43)(H,36,46)(H,37,47)(H,38,42)(H,39,48)(H,44,45);3-6,8H,1-2H2/t22-,23-,24-,25-,26-,30-,31-;3-,4+,5+,6+/m00/s1. The molecule has 2 aliphatic rings. The summed E-state index contributed by atoms with van der Waals surface area (Å²) >= 11 is 0. The number of aliphatic hydroxyl groups excluding tert-OH is 3. The summed E-state index contributed by atoms with van der Waals surface area (Å²) in [7, 11) is 0. The van der Waals surface area contributed by atoms with Crippen LogP contribution in [0, 0.1) is 39.7 Å². The van der Waals surface area contributed by atoms with E-state index in [1.807, 2.05) is 41.5 Å². The number of ether oxygens (including phenoxy) is 2. The van der Waals surface area contributed by atoms with Crippen molar-refractivity contribution in [3.63, 3.8) is 0 Å². The predicted molar refractivity (Wildman–Crippen MR) is 220 cm³/mol. The molecule has 9 N–H and O–H groups in total. The van der Waals surface area contributed by atoms with Crippen LogP contribution in [0.15, 0.2) is 0 Å². The molecule has 2 heterocycles. The molecule has 0 aromatic rings. The Hall–Kier alpha value is -4.18. The Balaban J connectivity index is 0.00000119. The van der Waals surface area contributed by atoms with Gasteiger partial charge < -0.3 is 61.3 Å². The van der Waals surface area contributed by atoms with Gasteiger partial charge in [0.25, 0.3) is 5.09 Å². The Labute approximate surface area is 358 Å². The van der Waals surface area contributed by atoms with Crippen molar-refractivity contribution >= 4 is 35.5 Å². The van der Waals surface area contributed by atoms with E-state index in [2.05, 4.69) is 31.4 Å². The molecule has 0 unspecified atom stereocenters. The molecule has 0 spiro atoms. The van der Waals surface area contributed by atoms with Crippen LogP contribution in [0.3, 0.4) is 0 Å². The Morgan fingerprint density at radius 2 is 1.10 bits per heavy atom. The SMILES string of the molecule is CC(C)CC(=O)N[C@H](C(=O)N[C@H](C(=O)N[C@@H](CC(C)C)[C@@H](O)CC(=O)N[C@@H](C)C(=O)N[C@@H](CC(C)C)[C@@H](O)CC(=O)O)C(C)C)C(C)C.O=[N+]([O-])O[C@@H]1CO[C@H]2[C@@H]1OC[C@@H]2O. The molecular formula is C40H72N6O15. The third-order valence-corrected chi connectivity index (χ3v) is 9.89. The number of fused-ring (bicyclic) bond motifs is 1. The largest absolute Gasteiger partial charge is 0.481 e. The number of hydrogen-bond acceptors (Lipinski definition) is 14. The summed E-state index contributed by atoms with van der Waals surface area (Å²) in [4.78, 5) is 90.3. The minimum Gasteiger partial charge on any atom is -0.481 e. The number of aliphatic hydroxyl groups is 3. The zero-order valence-corrected chi connectivity index (χ0v) is 37.4. The minimum atomic E-state index is -1.33. The number of amides is 5. The molecule has 0 saturated carbocycles. The Bertz CT molecular complexity index is 1450. The van der Waals surface area contributed by atoms with Crippen LogP contribution in [-0.2, 0) is 43.1 Å². The van der Waals surface area contributed by atoms with Crippen LogP contribution >= 0.6 is 0 Å². The summed E-state index contributed by atoms with van der Waals surface area (Å²) in [5.41, 5.74) is 0. The van der Waals surface area contributed by atoms with Crippen molar-refractivity contribution in [2.75, 3.05) is 13.2 Å². The zero-order valence-electron chi connectivity index (χ0n) is 37.4. The van der Waals surface area contributed by atoms with Crippen molar-refractivity contribution in [1.82, 2.24) is 26.6 Å². The molecule has 0 aliphatic carbocycles. The lowest BCUT2D eigenvalue weighted by Gasteiger charge is -2.31. The van der Waals surface area contributed by atoms with Crippen LogP contribution in [0.5, 0.6) is 0 Å². The molecule has 0 aromatic heterocycles. The number of carboxylic acids is 1. The lowest BCUT2D eigenvalue weighted by atomic mass is 9.95. The smallest absolute Gasteiger partial charge is 0.306 e. The normalized spacial score (nSPS) is 21.9. The highest BCUT2D eigenvalue weighted by Crippen LogP contribution is 2.28. The van der Waals surface area contributed by atoms with Crippen molar-refractivity contribution < 1.29 is 68.6 Å². The first kappa shape index (κ1) is 54.8. The van der Waals surface area contributed by atoms with Gasteiger partial charge in [-0.1, -0.05) is 69.2 Å². The molecule has 2 rings (SSSR count). The van der Waals surface area contributed by atoms with Crippen molar-refractivity contribution in [3.8, 4) is 0 Å². The lowest BCUT2D eigenvalue weighted by Crippen LogP contribution is -2.59. The Morgan fingerprint density at radius 3 is 1.57 bits per heavy atom. The van der Waals surface area contributed by atoms with Crippen molar-refractivity contribution in [1.29, 1.82) is 0 Å². The van der Waals surface area contributed by atoms with Gasteiger partial charge in [0, 0.05) is 6.42 Å². The second-order valence-corrected chi connectivity index (χ2v) is 17.9. The molecule has 0 radical (unpaired) electrons. The average Bonchev–Trinajstić information content (AvgIpc) is 3.69. The summed E-state index contributed by atoms with van der Waals surface area (Å²) < 4.78 is 10.2. The monoisotopic (exact) mass is 877 g/mol. The van der Waals surface area contributed by atoms with E-state index in [-0.39, 0.29) is 55.1 Å². The fraction of sp³-hybridized carbons (Fsp3) is 0.850. The third kappa shape index (κ3) is 20.0. The van der Waals surface area contributed by atoms with Crippen molar-refractivity contribution in [2.24, 2.45) is 29.6 Å². The lowest BCUT2D eigenvalue weighted by molar-refractivity contribution is -0.769. The highest BCUT2D eigenvalue weighted by Gasteiger charge is 2.49. The molecule has 2 fully saturated rings. The second kappa shape index (κ2) is 26.3. The van der Waals surface area contributed by atoms with E-state index in [4.69, 9.17) is 14.6 Å². The molecule has 2 saturated heterocycles. The van der Waals surface area contributed by atoms with Gasteiger partial charge in [-0.15, -0.1) is 10.1 Å². The van der Waals surface area contributed by atoms with Gasteiger partial charge in [-0.05, 0) is 49.4 Å². The maximum Gasteiger partial charge on any atom is 0.306 e. The topological polar surface area (TPSA) is 314 Å². The molecule has 352 valence electrons. The molecule has 0 aromatic carbocycles. The van der Waals surface area contributed by atoms with E-state index >= 15 is 0 Å². The summed E-state index contributed by atoms with van der Waals surface area (Å²) in [6, 6.07) is -4.61. The first-order chi connectivity index (χ1) is 28.2. The van der Waals surface area contributed by atoms with Gasteiger partial charge in [-0.3, -0.25) is 28.8 Å². The number of carbonyl (C=O) groups is 6. The van der Waals surface area contributed by atoms with Crippen molar-refractivity contribution in [3.05, 3.63) is 10.1 Å². The number of nitrogens with zero attached hydrogens (tertiary/aromatic N) is 1.